The number of hydrogen-bond acceptors (Lipinski definition) is 3. The number of ether oxygens (including phenoxy) is 1. The van der Waals surface area contributed by atoms with E-state index in [1.165, 1.54) is 0 Å². The molecule has 2 unspecified atom stereocenters. The fraction of sp³-hybridized carbons (Fsp3) is 0.231. The first-order valence-electron chi connectivity index (χ1n) is 11.0. The second-order valence-electron chi connectivity index (χ2n) is 8.31. The lowest BCUT2D eigenvalue weighted by Crippen LogP contribution is -2.52. The summed E-state index contributed by atoms with van der Waals surface area (Å²) in [4.78, 5) is 26.3. The van der Waals surface area contributed by atoms with Crippen molar-refractivity contribution in [3.63, 3.8) is 0 Å². The molecule has 3 aromatic rings. The summed E-state index contributed by atoms with van der Waals surface area (Å²) in [7, 11) is 0. The van der Waals surface area contributed by atoms with Crippen molar-refractivity contribution in [2.45, 2.75) is 25.6 Å². The molecule has 0 spiro atoms. The first-order chi connectivity index (χ1) is 16.8. The second kappa shape index (κ2) is 11.3. The first kappa shape index (κ1) is 25.4. The Morgan fingerprint density at radius 1 is 1.11 bits per heavy atom. The molecule has 182 valence electrons. The van der Waals surface area contributed by atoms with E-state index in [4.69, 9.17) is 27.9 Å². The monoisotopic (exact) mass is 576 g/mol. The molecule has 0 radical (unpaired) electrons. The van der Waals surface area contributed by atoms with Gasteiger partial charge < -0.3 is 20.1 Å². The number of rotatable bonds is 8. The summed E-state index contributed by atoms with van der Waals surface area (Å²) >= 11 is 16.3. The number of benzene rings is 3. The van der Waals surface area contributed by atoms with Gasteiger partial charge in [-0.25, -0.2) is 4.79 Å². The Balaban J connectivity index is 1.69. The lowest BCUT2D eigenvalue weighted by atomic mass is 9.87. The number of amides is 2. The van der Waals surface area contributed by atoms with Gasteiger partial charge in [0.2, 0.25) is 0 Å². The van der Waals surface area contributed by atoms with E-state index in [0.29, 0.717) is 28.0 Å². The molecule has 1 aliphatic heterocycles. The van der Waals surface area contributed by atoms with Gasteiger partial charge in [0.05, 0.1) is 24.0 Å². The molecule has 2 N–H and O–H groups in total. The molecule has 35 heavy (non-hydrogen) atoms. The summed E-state index contributed by atoms with van der Waals surface area (Å²) < 4.78 is 6.97. The van der Waals surface area contributed by atoms with Gasteiger partial charge in [-0.05, 0) is 35.4 Å². The smallest absolute Gasteiger partial charge is 0.318 e. The SMILES string of the molecule is O=C(O)CC1CNC(=O)N(Cc2c(Cl)cc(Cl)cc2OCc2ccccc2)C1c1ccc(Br)cc1. The first-order valence-corrected chi connectivity index (χ1v) is 12.5. The van der Waals surface area contributed by atoms with Gasteiger partial charge in [-0.3, -0.25) is 4.79 Å². The van der Waals surface area contributed by atoms with Crippen LogP contribution in [0, 0.1) is 5.92 Å². The molecule has 2 amide bonds. The number of carboxylic acids is 1. The number of carboxylic acid groups (broad SMARTS) is 1. The van der Waals surface area contributed by atoms with Gasteiger partial charge in [-0.1, -0.05) is 81.6 Å². The fourth-order valence-corrected chi connectivity index (χ4v) is 5.07. The van der Waals surface area contributed by atoms with Crippen LogP contribution in [0.2, 0.25) is 10.0 Å². The Bertz CT molecular complexity index is 1210. The van der Waals surface area contributed by atoms with Crippen LogP contribution in [0.15, 0.2) is 71.2 Å². The van der Waals surface area contributed by atoms with E-state index in [2.05, 4.69) is 21.2 Å². The summed E-state index contributed by atoms with van der Waals surface area (Å²) in [5, 5.41) is 13.1. The van der Waals surface area contributed by atoms with Gasteiger partial charge >= 0.3 is 12.0 Å². The minimum atomic E-state index is -0.926. The zero-order valence-electron chi connectivity index (χ0n) is 18.6. The van der Waals surface area contributed by atoms with Crippen molar-refractivity contribution < 1.29 is 19.4 Å². The number of nitrogens with one attached hydrogen (secondary N) is 1. The third-order valence-corrected chi connectivity index (χ3v) is 6.98. The van der Waals surface area contributed by atoms with Crippen molar-refractivity contribution in [1.82, 2.24) is 10.2 Å². The molecule has 0 saturated carbocycles. The van der Waals surface area contributed by atoms with Crippen LogP contribution in [0.5, 0.6) is 5.75 Å². The zero-order chi connectivity index (χ0) is 24.9. The van der Waals surface area contributed by atoms with Gasteiger partial charge in [0.1, 0.15) is 12.4 Å². The lowest BCUT2D eigenvalue weighted by molar-refractivity contribution is -0.138. The van der Waals surface area contributed by atoms with Crippen LogP contribution in [-0.2, 0) is 17.9 Å². The molecular weight excluding hydrogens is 555 g/mol. The van der Waals surface area contributed by atoms with Gasteiger partial charge in [0, 0.05) is 27.5 Å². The Labute approximate surface area is 221 Å². The van der Waals surface area contributed by atoms with E-state index < -0.39 is 12.0 Å². The van der Waals surface area contributed by atoms with Crippen LogP contribution in [-0.4, -0.2) is 28.6 Å². The maximum atomic E-state index is 13.1. The zero-order valence-corrected chi connectivity index (χ0v) is 21.7. The van der Waals surface area contributed by atoms with Crippen molar-refractivity contribution in [2.75, 3.05) is 6.54 Å². The Hall–Kier alpha value is -2.74. The van der Waals surface area contributed by atoms with E-state index in [1.807, 2.05) is 54.6 Å². The molecule has 4 rings (SSSR count). The van der Waals surface area contributed by atoms with Crippen molar-refractivity contribution in [3.05, 3.63) is 97.9 Å². The highest BCUT2D eigenvalue weighted by Crippen LogP contribution is 2.39. The Kier molecular flexibility index (Phi) is 8.21. The third kappa shape index (κ3) is 6.28. The Morgan fingerprint density at radius 2 is 1.83 bits per heavy atom. The summed E-state index contributed by atoms with van der Waals surface area (Å²) in [6.45, 7) is 0.672. The number of carbonyl (C=O) groups is 2. The Morgan fingerprint density at radius 3 is 2.51 bits per heavy atom. The topological polar surface area (TPSA) is 78.9 Å². The largest absolute Gasteiger partial charge is 0.488 e. The third-order valence-electron chi connectivity index (χ3n) is 5.89. The van der Waals surface area contributed by atoms with Crippen LogP contribution in [0.3, 0.4) is 0 Å². The van der Waals surface area contributed by atoms with E-state index in [0.717, 1.165) is 15.6 Å². The summed E-state index contributed by atoms with van der Waals surface area (Å²) in [5.41, 5.74) is 2.41. The minimum Gasteiger partial charge on any atom is -0.488 e. The van der Waals surface area contributed by atoms with Crippen LogP contribution in [0.1, 0.15) is 29.2 Å². The number of aliphatic carboxylic acids is 1. The average molecular weight is 578 g/mol. The van der Waals surface area contributed by atoms with E-state index in [-0.39, 0.29) is 31.5 Å². The quantitative estimate of drug-likeness (QED) is 0.312. The van der Waals surface area contributed by atoms with Gasteiger partial charge in [0.25, 0.3) is 0 Å². The lowest BCUT2D eigenvalue weighted by Gasteiger charge is -2.41. The predicted molar refractivity (Wildman–Crippen MR) is 139 cm³/mol. The molecule has 0 aromatic heterocycles. The maximum absolute atomic E-state index is 13.1. The molecule has 1 saturated heterocycles. The highest BCUT2D eigenvalue weighted by atomic mass is 79.9. The van der Waals surface area contributed by atoms with Gasteiger partial charge in [-0.2, -0.15) is 0 Å². The van der Waals surface area contributed by atoms with Crippen molar-refractivity contribution >= 4 is 51.1 Å². The summed E-state index contributed by atoms with van der Waals surface area (Å²) in [5.74, 6) is -0.801. The van der Waals surface area contributed by atoms with Crippen LogP contribution >= 0.6 is 39.1 Å². The molecule has 3 aromatic carbocycles. The maximum Gasteiger partial charge on any atom is 0.318 e. The number of halogens is 3. The molecule has 1 fully saturated rings. The average Bonchev–Trinajstić information content (AvgIpc) is 2.82. The second-order valence-corrected chi connectivity index (χ2v) is 10.1. The summed E-state index contributed by atoms with van der Waals surface area (Å²) in [6.07, 6.45) is -0.0940. The number of hydrogen-bond donors (Lipinski definition) is 2. The number of carbonyl (C=O) groups excluding carboxylic acids is 1. The molecule has 1 aliphatic rings. The molecule has 2 atom stereocenters. The van der Waals surface area contributed by atoms with E-state index >= 15 is 0 Å². The standard InChI is InChI=1S/C26H23BrCl2N2O4/c27-19-8-6-17(7-9-19)25-18(10-24(32)33)13-30-26(34)31(25)14-21-22(29)11-20(28)12-23(21)35-15-16-4-2-1-3-5-16/h1-9,11-12,18,25H,10,13-15H2,(H,30,34)(H,32,33). The molecule has 0 aliphatic carbocycles. The summed E-state index contributed by atoms with van der Waals surface area (Å²) in [6, 6.07) is 19.7. The van der Waals surface area contributed by atoms with Crippen molar-refractivity contribution in [3.8, 4) is 5.75 Å². The molecule has 0 bridgehead atoms. The van der Waals surface area contributed by atoms with Gasteiger partial charge in [-0.15, -0.1) is 0 Å². The van der Waals surface area contributed by atoms with Crippen LogP contribution in [0.25, 0.3) is 0 Å². The van der Waals surface area contributed by atoms with E-state index in [1.54, 1.807) is 17.0 Å². The normalized spacial score (nSPS) is 17.7. The molecule has 9 heteroatoms. The van der Waals surface area contributed by atoms with Crippen LogP contribution in [0.4, 0.5) is 4.79 Å². The molecular formula is C26H23BrCl2N2O4. The fourth-order valence-electron chi connectivity index (χ4n) is 4.27. The van der Waals surface area contributed by atoms with Gasteiger partial charge in [0.15, 0.2) is 0 Å². The van der Waals surface area contributed by atoms with Crippen molar-refractivity contribution in [1.29, 1.82) is 0 Å². The molecule has 1 heterocycles. The minimum absolute atomic E-state index is 0.0940. The van der Waals surface area contributed by atoms with Crippen LogP contribution < -0.4 is 10.1 Å². The predicted octanol–water partition coefficient (Wildman–Crippen LogP) is 6.69. The van der Waals surface area contributed by atoms with Crippen molar-refractivity contribution in [2.24, 2.45) is 5.92 Å². The highest BCUT2D eigenvalue weighted by Gasteiger charge is 2.38. The number of urea groups is 1. The highest BCUT2D eigenvalue weighted by molar-refractivity contribution is 9.10. The number of nitrogens with zero attached hydrogens (tertiary/aromatic N) is 1. The molecule has 6 nitrogen and oxygen atoms in total. The van der Waals surface area contributed by atoms with E-state index in [9.17, 15) is 14.7 Å².